The second-order valence-corrected chi connectivity index (χ2v) is 15.5. The van der Waals surface area contributed by atoms with Crippen LogP contribution in [0.1, 0.15) is 0 Å². The Kier molecular flexibility index (Phi) is 5.10. The maximum atomic E-state index is 2.63. The number of rotatable bonds is 4. The Morgan fingerprint density at radius 3 is 1.89 bits per heavy atom. The highest BCUT2D eigenvalue weighted by molar-refractivity contribution is 6.91. The number of hydrogen-bond acceptors (Lipinski definition) is 0. The van der Waals surface area contributed by atoms with Crippen LogP contribution in [0.15, 0.2) is 0 Å². The van der Waals surface area contributed by atoms with E-state index in [0.717, 1.165) is 0 Å². The fraction of sp³-hybridized carbons (Fsp3) is 1.00. The topological polar surface area (TPSA) is 0 Å². The van der Waals surface area contributed by atoms with Crippen LogP contribution in [-0.4, -0.2) is 38.1 Å². The Bertz CT molecular complexity index is 69.4. The van der Waals surface area contributed by atoms with E-state index in [-0.39, 0.29) is 0 Å². The first-order valence-electron chi connectivity index (χ1n) is 4.18. The zero-order chi connectivity index (χ0) is 7.33. The zero-order valence-electron chi connectivity index (χ0n) is 7.33. The molecule has 0 radical (unpaired) electrons. The molecule has 0 spiro atoms. The van der Waals surface area contributed by atoms with Crippen molar-refractivity contribution >= 4 is 38.1 Å². The molecule has 0 amide bonds. The summed E-state index contributed by atoms with van der Waals surface area (Å²) in [6.07, 6.45) is 0. The van der Waals surface area contributed by atoms with Gasteiger partial charge in [-0.25, -0.2) is 0 Å². The van der Waals surface area contributed by atoms with E-state index in [0.29, 0.717) is 9.52 Å². The SMILES string of the molecule is C[SiH2]C[Si](C)(C[SiH3])C[SiH3]. The minimum Gasteiger partial charge on any atom is -0.0750 e. The van der Waals surface area contributed by atoms with Crippen molar-refractivity contribution in [1.29, 1.82) is 0 Å². The smallest absolute Gasteiger partial charge is 0.0405 e. The van der Waals surface area contributed by atoms with Crippen molar-refractivity contribution < 1.29 is 0 Å². The highest BCUT2D eigenvalue weighted by Gasteiger charge is 2.19. The normalized spacial score (nSPS) is 19.3. The predicted octanol–water partition coefficient (Wildman–Crippen LogP) is -1.11. The molecule has 4 heteroatoms. The molecule has 0 rings (SSSR count). The monoisotopic (exact) mass is 192 g/mol. The maximum absolute atomic E-state index is 2.63. The lowest BCUT2D eigenvalue weighted by Crippen LogP contribution is -2.31. The van der Waals surface area contributed by atoms with E-state index >= 15 is 0 Å². The summed E-state index contributed by atoms with van der Waals surface area (Å²) in [5.41, 5.74) is 5.09. The molecule has 0 atom stereocenters. The van der Waals surface area contributed by atoms with Gasteiger partial charge in [0.1, 0.15) is 0 Å². The molecular weight excluding hydrogens is 172 g/mol. The molecule has 0 aromatic rings. The van der Waals surface area contributed by atoms with Gasteiger partial charge in [-0.1, -0.05) is 30.1 Å². The van der Waals surface area contributed by atoms with Crippen LogP contribution in [0.4, 0.5) is 0 Å². The summed E-state index contributed by atoms with van der Waals surface area (Å²) in [6, 6.07) is 0. The summed E-state index contributed by atoms with van der Waals surface area (Å²) >= 11 is 0. The molecule has 56 valence electrons. The van der Waals surface area contributed by atoms with Crippen LogP contribution >= 0.6 is 0 Å². The van der Waals surface area contributed by atoms with Gasteiger partial charge in [0.25, 0.3) is 0 Å². The van der Waals surface area contributed by atoms with E-state index in [1.807, 2.05) is 0 Å². The molecule has 0 aliphatic rings. The predicted molar refractivity (Wildman–Crippen MR) is 60.3 cm³/mol. The third-order valence-electron chi connectivity index (χ3n) is 2.56. The molecule has 0 aliphatic heterocycles. The first kappa shape index (κ1) is 9.87. The van der Waals surface area contributed by atoms with Crippen LogP contribution in [0.5, 0.6) is 0 Å². The minimum absolute atomic E-state index is 0.394. The quantitative estimate of drug-likeness (QED) is 0.496. The lowest BCUT2D eigenvalue weighted by molar-refractivity contribution is 1.54. The van der Waals surface area contributed by atoms with E-state index in [2.05, 4.69) is 13.1 Å². The molecule has 0 aliphatic carbocycles. The molecular formula is C5H20Si4. The van der Waals surface area contributed by atoms with Gasteiger partial charge in [-0.05, 0) is 20.5 Å². The van der Waals surface area contributed by atoms with E-state index in [9.17, 15) is 0 Å². The van der Waals surface area contributed by atoms with Crippen LogP contribution < -0.4 is 0 Å². The highest BCUT2D eigenvalue weighted by Crippen LogP contribution is 2.15. The summed E-state index contributed by atoms with van der Waals surface area (Å²) in [7, 11) is 2.84. The molecule has 0 aromatic carbocycles. The average Bonchev–Trinajstić information content (AvgIpc) is 1.89. The molecule has 0 fully saturated rings. The average molecular weight is 193 g/mol. The van der Waals surface area contributed by atoms with E-state index in [1.54, 1.807) is 17.0 Å². The summed E-state index contributed by atoms with van der Waals surface area (Å²) in [4.78, 5) is 0. The Morgan fingerprint density at radius 1 is 1.33 bits per heavy atom. The molecule has 0 nitrogen and oxygen atoms in total. The Labute approximate surface area is 68.5 Å². The molecule has 0 N–H and O–H groups in total. The van der Waals surface area contributed by atoms with Gasteiger partial charge in [-0.2, -0.15) is 0 Å². The molecule has 0 unspecified atom stereocenters. The van der Waals surface area contributed by atoms with Crippen molar-refractivity contribution in [3.63, 3.8) is 0 Å². The fourth-order valence-electron chi connectivity index (χ4n) is 1.21. The van der Waals surface area contributed by atoms with Gasteiger partial charge < -0.3 is 0 Å². The van der Waals surface area contributed by atoms with E-state index < -0.39 is 8.07 Å². The molecule has 0 saturated carbocycles. The molecule has 0 heterocycles. The third-order valence-corrected chi connectivity index (χ3v) is 23.0. The largest absolute Gasteiger partial charge is 0.0750 e. The van der Waals surface area contributed by atoms with Crippen molar-refractivity contribution in [1.82, 2.24) is 0 Å². The first-order chi connectivity index (χ1) is 4.18. The standard InChI is InChI=1S/C5H20Si4/c1-8-5-9(2,3-6)4-7/h3-5,8H2,1-2,6-7H3. The third kappa shape index (κ3) is 3.54. The molecule has 9 heavy (non-hydrogen) atoms. The van der Waals surface area contributed by atoms with E-state index in [1.165, 1.54) is 20.5 Å². The van der Waals surface area contributed by atoms with Crippen LogP contribution in [0.2, 0.25) is 30.1 Å². The van der Waals surface area contributed by atoms with Gasteiger partial charge in [-0.3, -0.25) is 0 Å². The van der Waals surface area contributed by atoms with Crippen LogP contribution in [0.25, 0.3) is 0 Å². The zero-order valence-corrected chi connectivity index (χ0v) is 13.7. The van der Waals surface area contributed by atoms with Gasteiger partial charge in [-0.15, -0.1) is 0 Å². The summed E-state index contributed by atoms with van der Waals surface area (Å²) in [5, 5.41) is 0. The summed E-state index contributed by atoms with van der Waals surface area (Å²) in [6.45, 7) is 5.10. The van der Waals surface area contributed by atoms with Crippen LogP contribution in [-0.2, 0) is 0 Å². The minimum atomic E-state index is -0.512. The Balaban J connectivity index is 3.62. The summed E-state index contributed by atoms with van der Waals surface area (Å²) in [5.74, 6) is 0. The molecule has 0 bridgehead atoms. The van der Waals surface area contributed by atoms with Gasteiger partial charge >= 0.3 is 0 Å². The highest BCUT2D eigenvalue weighted by atomic mass is 28.4. The molecule has 0 aromatic heterocycles. The van der Waals surface area contributed by atoms with Crippen molar-refractivity contribution in [2.45, 2.75) is 30.1 Å². The van der Waals surface area contributed by atoms with Gasteiger partial charge in [0.2, 0.25) is 0 Å². The second kappa shape index (κ2) is 4.65. The Morgan fingerprint density at radius 2 is 1.78 bits per heavy atom. The van der Waals surface area contributed by atoms with Gasteiger partial charge in [0.05, 0.1) is 0 Å². The fourth-order valence-corrected chi connectivity index (χ4v) is 21.7. The second-order valence-electron chi connectivity index (χ2n) is 3.27. The summed E-state index contributed by atoms with van der Waals surface area (Å²) < 4.78 is 0. The molecule has 0 saturated heterocycles. The van der Waals surface area contributed by atoms with Gasteiger partial charge in [0, 0.05) is 17.6 Å². The van der Waals surface area contributed by atoms with Crippen LogP contribution in [0, 0.1) is 0 Å². The number of hydrogen-bond donors (Lipinski definition) is 0. The Hall–Kier alpha value is 0.868. The van der Waals surface area contributed by atoms with Crippen molar-refractivity contribution in [3.8, 4) is 0 Å². The van der Waals surface area contributed by atoms with Gasteiger partial charge in [0.15, 0.2) is 0 Å². The van der Waals surface area contributed by atoms with Crippen molar-refractivity contribution in [2.75, 3.05) is 0 Å². The lowest BCUT2D eigenvalue weighted by atomic mass is 11.7. The van der Waals surface area contributed by atoms with Crippen LogP contribution in [0.3, 0.4) is 0 Å². The lowest BCUT2D eigenvalue weighted by Gasteiger charge is -2.22. The maximum Gasteiger partial charge on any atom is 0.0405 e. The van der Waals surface area contributed by atoms with Crippen molar-refractivity contribution in [3.05, 3.63) is 0 Å². The van der Waals surface area contributed by atoms with Crippen molar-refractivity contribution in [2.24, 2.45) is 0 Å². The first-order valence-corrected chi connectivity index (χ1v) is 12.5. The van der Waals surface area contributed by atoms with E-state index in [4.69, 9.17) is 0 Å².